The van der Waals surface area contributed by atoms with Gasteiger partial charge in [0.15, 0.2) is 0 Å². The Balaban J connectivity index is 1.56. The molecule has 5 nitrogen and oxygen atoms in total. The van der Waals surface area contributed by atoms with Crippen LogP contribution in [0.4, 0.5) is 5.69 Å². The van der Waals surface area contributed by atoms with E-state index in [-0.39, 0.29) is 18.0 Å². The Kier molecular flexibility index (Phi) is 4.35. The topological polar surface area (TPSA) is 55.8 Å². The number of aryl methyl sites for hydroxylation is 1. The van der Waals surface area contributed by atoms with Crippen molar-refractivity contribution >= 4 is 17.6 Å². The number of rotatable bonds is 6. The molecule has 1 amide bonds. The molecule has 1 aromatic rings. The molecule has 5 heteroatoms. The van der Waals surface area contributed by atoms with Gasteiger partial charge in [-0.2, -0.15) is 0 Å². The normalized spacial score (nSPS) is 31.5. The molecular weight excluding hydrogens is 330 g/mol. The molecule has 3 aliphatic rings. The van der Waals surface area contributed by atoms with E-state index in [2.05, 4.69) is 6.92 Å². The lowest BCUT2D eigenvalue weighted by Gasteiger charge is -2.23. The first-order valence-corrected chi connectivity index (χ1v) is 9.48. The summed E-state index contributed by atoms with van der Waals surface area (Å²) in [6, 6.07) is 7.81. The Morgan fingerprint density at radius 2 is 2.15 bits per heavy atom. The second-order valence-corrected chi connectivity index (χ2v) is 7.49. The highest BCUT2D eigenvalue weighted by Crippen LogP contribution is 2.53. The molecule has 2 bridgehead atoms. The van der Waals surface area contributed by atoms with E-state index in [0.717, 1.165) is 30.5 Å². The Labute approximate surface area is 154 Å². The number of carbonyl (C=O) groups excluding carboxylic acids is 2. The van der Waals surface area contributed by atoms with Crippen molar-refractivity contribution in [2.24, 2.45) is 11.8 Å². The van der Waals surface area contributed by atoms with Crippen molar-refractivity contribution in [1.82, 2.24) is 0 Å². The van der Waals surface area contributed by atoms with E-state index in [4.69, 9.17) is 9.47 Å². The monoisotopic (exact) mass is 355 g/mol. The van der Waals surface area contributed by atoms with E-state index < -0.39 is 17.4 Å². The molecule has 4 atom stereocenters. The zero-order chi connectivity index (χ0) is 18.3. The second-order valence-electron chi connectivity index (χ2n) is 7.49. The van der Waals surface area contributed by atoms with Crippen LogP contribution in [0.25, 0.3) is 0 Å². The maximum absolute atomic E-state index is 13.2. The van der Waals surface area contributed by atoms with E-state index in [1.54, 1.807) is 4.90 Å². The molecule has 26 heavy (non-hydrogen) atoms. The largest absolute Gasteiger partial charge is 0.465 e. The van der Waals surface area contributed by atoms with Gasteiger partial charge in [-0.15, -0.1) is 0 Å². The fourth-order valence-electron chi connectivity index (χ4n) is 4.46. The minimum Gasteiger partial charge on any atom is -0.465 e. The van der Waals surface area contributed by atoms with E-state index in [9.17, 15) is 9.59 Å². The molecule has 0 unspecified atom stereocenters. The first-order chi connectivity index (χ1) is 12.6. The highest BCUT2D eigenvalue weighted by molar-refractivity contribution is 6.03. The van der Waals surface area contributed by atoms with Gasteiger partial charge in [0.2, 0.25) is 5.91 Å². The van der Waals surface area contributed by atoms with Gasteiger partial charge in [-0.1, -0.05) is 50.1 Å². The van der Waals surface area contributed by atoms with Crippen LogP contribution in [0, 0.1) is 18.8 Å². The first-order valence-electron chi connectivity index (χ1n) is 9.48. The van der Waals surface area contributed by atoms with Gasteiger partial charge in [-0.3, -0.25) is 9.59 Å². The van der Waals surface area contributed by atoms with Crippen LogP contribution in [0.2, 0.25) is 0 Å². The zero-order valence-electron chi connectivity index (χ0n) is 15.3. The molecule has 2 saturated heterocycles. The van der Waals surface area contributed by atoms with Crippen molar-refractivity contribution in [3.05, 3.63) is 42.0 Å². The summed E-state index contributed by atoms with van der Waals surface area (Å²) in [7, 11) is 0. The molecule has 3 heterocycles. The number of carbonyl (C=O) groups is 2. The average molecular weight is 355 g/mol. The van der Waals surface area contributed by atoms with Crippen LogP contribution >= 0.6 is 0 Å². The molecule has 4 rings (SSSR count). The second kappa shape index (κ2) is 6.54. The summed E-state index contributed by atoms with van der Waals surface area (Å²) >= 11 is 0. The number of amides is 1. The van der Waals surface area contributed by atoms with Gasteiger partial charge in [-0.25, -0.2) is 0 Å². The third kappa shape index (κ3) is 2.57. The summed E-state index contributed by atoms with van der Waals surface area (Å²) in [5.74, 6) is -1.37. The number of ether oxygens (including phenoxy) is 2. The molecule has 0 saturated carbocycles. The third-order valence-corrected chi connectivity index (χ3v) is 5.77. The average Bonchev–Trinajstić information content (AvgIpc) is 3.27. The van der Waals surface area contributed by atoms with Crippen LogP contribution < -0.4 is 4.90 Å². The van der Waals surface area contributed by atoms with Gasteiger partial charge in [-0.05, 0) is 25.0 Å². The van der Waals surface area contributed by atoms with Crippen molar-refractivity contribution in [3.63, 3.8) is 0 Å². The van der Waals surface area contributed by atoms with Crippen molar-refractivity contribution in [3.8, 4) is 0 Å². The number of hydrogen-bond donors (Lipinski definition) is 0. The van der Waals surface area contributed by atoms with Crippen molar-refractivity contribution in [2.45, 2.75) is 44.8 Å². The molecular formula is C21H25NO4. The van der Waals surface area contributed by atoms with Crippen LogP contribution in [0.3, 0.4) is 0 Å². The van der Waals surface area contributed by atoms with E-state index in [1.165, 1.54) is 0 Å². The molecule has 0 radical (unpaired) electrons. The van der Waals surface area contributed by atoms with Gasteiger partial charge < -0.3 is 14.4 Å². The van der Waals surface area contributed by atoms with E-state index >= 15 is 0 Å². The molecule has 1 aromatic carbocycles. The zero-order valence-corrected chi connectivity index (χ0v) is 15.3. The number of nitrogens with zero attached hydrogens (tertiary/aromatic N) is 1. The number of hydrogen-bond acceptors (Lipinski definition) is 4. The minimum atomic E-state index is -0.697. The number of para-hydroxylation sites is 1. The Bertz CT molecular complexity index is 758. The van der Waals surface area contributed by atoms with Crippen LogP contribution in [-0.4, -0.2) is 36.7 Å². The molecule has 138 valence electrons. The van der Waals surface area contributed by atoms with Crippen molar-refractivity contribution in [2.75, 3.05) is 18.1 Å². The maximum Gasteiger partial charge on any atom is 0.312 e. The van der Waals surface area contributed by atoms with E-state index in [0.29, 0.717) is 13.2 Å². The highest BCUT2D eigenvalue weighted by Gasteiger charge is 2.67. The Morgan fingerprint density at radius 1 is 1.35 bits per heavy atom. The van der Waals surface area contributed by atoms with Crippen LogP contribution in [0.5, 0.6) is 0 Å². The standard InChI is InChI=1S/C21H25NO4/c1-3-4-7-12-25-20(24)17-16-10-11-21(26-16)13-22(19(23)18(17)21)15-9-6-5-8-14(15)2/h5-6,8-11,16-18H,3-4,7,12-13H2,1-2H3/t16-,17-,18+,21-/m0/s1. The Hall–Kier alpha value is -2.14. The first kappa shape index (κ1) is 17.3. The highest BCUT2D eigenvalue weighted by atomic mass is 16.6. The van der Waals surface area contributed by atoms with Crippen LogP contribution in [-0.2, 0) is 19.1 Å². The fraction of sp³-hybridized carbons (Fsp3) is 0.524. The summed E-state index contributed by atoms with van der Waals surface area (Å²) in [6.45, 7) is 4.96. The number of fused-ring (bicyclic) bond motifs is 1. The molecule has 3 aliphatic heterocycles. The van der Waals surface area contributed by atoms with Gasteiger partial charge in [0.1, 0.15) is 11.5 Å². The third-order valence-electron chi connectivity index (χ3n) is 5.77. The number of esters is 1. The Morgan fingerprint density at radius 3 is 2.92 bits per heavy atom. The van der Waals surface area contributed by atoms with Crippen molar-refractivity contribution in [1.29, 1.82) is 0 Å². The van der Waals surface area contributed by atoms with Gasteiger partial charge in [0.05, 0.1) is 25.2 Å². The van der Waals surface area contributed by atoms with Crippen LogP contribution in [0.15, 0.2) is 36.4 Å². The molecule has 1 spiro atoms. The van der Waals surface area contributed by atoms with E-state index in [1.807, 2.05) is 43.3 Å². The lowest BCUT2D eigenvalue weighted by atomic mass is 9.77. The quantitative estimate of drug-likeness (QED) is 0.447. The molecule has 0 aromatic heterocycles. The van der Waals surface area contributed by atoms with Crippen LogP contribution in [0.1, 0.15) is 31.7 Å². The molecule has 2 fully saturated rings. The van der Waals surface area contributed by atoms with Gasteiger partial charge in [0.25, 0.3) is 0 Å². The lowest BCUT2D eigenvalue weighted by Crippen LogP contribution is -2.40. The summed E-state index contributed by atoms with van der Waals surface area (Å²) in [6.07, 6.45) is 6.51. The van der Waals surface area contributed by atoms with Gasteiger partial charge in [0, 0.05) is 5.69 Å². The lowest BCUT2D eigenvalue weighted by molar-refractivity contribution is -0.152. The smallest absolute Gasteiger partial charge is 0.312 e. The predicted molar refractivity (Wildman–Crippen MR) is 97.7 cm³/mol. The SMILES string of the molecule is CCCCCOC(=O)[C@H]1[C@@H]2C=C[C@@]3(CN(c4ccccc4C)C(=O)[C@@H]13)O2. The fourth-order valence-corrected chi connectivity index (χ4v) is 4.46. The number of anilines is 1. The minimum absolute atomic E-state index is 0.0401. The summed E-state index contributed by atoms with van der Waals surface area (Å²) in [5, 5.41) is 0. The number of benzene rings is 1. The molecule has 0 aliphatic carbocycles. The summed E-state index contributed by atoms with van der Waals surface area (Å²) in [4.78, 5) is 27.7. The maximum atomic E-state index is 13.2. The molecule has 0 N–H and O–H groups in total. The van der Waals surface area contributed by atoms with Gasteiger partial charge >= 0.3 is 5.97 Å². The summed E-state index contributed by atoms with van der Waals surface area (Å²) < 4.78 is 11.6. The van der Waals surface area contributed by atoms with Crippen molar-refractivity contribution < 1.29 is 19.1 Å². The predicted octanol–water partition coefficient (Wildman–Crippen LogP) is 3.01. The summed E-state index contributed by atoms with van der Waals surface area (Å²) in [5.41, 5.74) is 1.23. The number of unbranched alkanes of at least 4 members (excludes halogenated alkanes) is 2.